The van der Waals surface area contributed by atoms with Crippen LogP contribution >= 0.6 is 0 Å². The van der Waals surface area contributed by atoms with Crippen molar-refractivity contribution in [3.63, 3.8) is 0 Å². The highest BCUT2D eigenvalue weighted by Crippen LogP contribution is 2.09. The Hall–Kier alpha value is -1.84. The number of nitriles is 1. The molecule has 76 valence electrons. The molecule has 0 heterocycles. The Labute approximate surface area is 88.0 Å². The molecule has 1 N–H and O–H groups in total. The van der Waals surface area contributed by atoms with E-state index in [2.05, 4.69) is 11.8 Å². The van der Waals surface area contributed by atoms with Gasteiger partial charge in [0.2, 0.25) is 0 Å². The quantitative estimate of drug-likeness (QED) is 0.653. The molecule has 0 atom stereocenters. The van der Waals surface area contributed by atoms with Crippen molar-refractivity contribution in [2.75, 3.05) is 0 Å². The van der Waals surface area contributed by atoms with E-state index in [4.69, 9.17) is 5.26 Å². The lowest BCUT2D eigenvalue weighted by Crippen LogP contribution is -2.14. The summed E-state index contributed by atoms with van der Waals surface area (Å²) in [5.41, 5.74) is -0.679. The average molecular weight is 203 g/mol. The summed E-state index contributed by atoms with van der Waals surface area (Å²) in [6.07, 6.45) is 0. The fourth-order valence-electron chi connectivity index (χ4n) is 0.909. The molecule has 0 aliphatic rings. The first-order chi connectivity index (χ1) is 6.92. The first-order valence-electron chi connectivity index (χ1n) is 4.37. The maximum absolute atomic E-state index is 13.1. The smallest absolute Gasteiger partial charge is 0.142 e. The SMILES string of the molecule is CC(C)(O)C#Cc1ccc(C#N)c(F)c1. The van der Waals surface area contributed by atoms with Crippen LogP contribution in [0.2, 0.25) is 0 Å². The number of aliphatic hydroxyl groups is 1. The van der Waals surface area contributed by atoms with Crippen LogP contribution in [0.5, 0.6) is 0 Å². The highest BCUT2D eigenvalue weighted by Gasteiger charge is 2.06. The largest absolute Gasteiger partial charge is 0.378 e. The molecule has 0 saturated carbocycles. The van der Waals surface area contributed by atoms with E-state index >= 15 is 0 Å². The summed E-state index contributed by atoms with van der Waals surface area (Å²) in [5.74, 6) is 4.59. The van der Waals surface area contributed by atoms with Gasteiger partial charge in [-0.1, -0.05) is 11.8 Å². The van der Waals surface area contributed by atoms with E-state index in [0.29, 0.717) is 5.56 Å². The lowest BCUT2D eigenvalue weighted by molar-refractivity contribution is 0.143. The van der Waals surface area contributed by atoms with Crippen LogP contribution in [-0.4, -0.2) is 10.7 Å². The Bertz CT molecular complexity index is 469. The fraction of sp³-hybridized carbons (Fsp3) is 0.250. The van der Waals surface area contributed by atoms with Gasteiger partial charge in [-0.25, -0.2) is 4.39 Å². The van der Waals surface area contributed by atoms with E-state index in [1.807, 2.05) is 0 Å². The van der Waals surface area contributed by atoms with Crippen LogP contribution in [0.25, 0.3) is 0 Å². The van der Waals surface area contributed by atoms with Gasteiger partial charge in [0.25, 0.3) is 0 Å². The second-order valence-electron chi connectivity index (χ2n) is 3.62. The van der Waals surface area contributed by atoms with Crippen LogP contribution in [0.1, 0.15) is 25.0 Å². The average Bonchev–Trinajstić information content (AvgIpc) is 2.14. The van der Waals surface area contributed by atoms with E-state index in [0.717, 1.165) is 0 Å². The summed E-state index contributed by atoms with van der Waals surface area (Å²) >= 11 is 0. The minimum Gasteiger partial charge on any atom is -0.378 e. The van der Waals surface area contributed by atoms with Gasteiger partial charge in [0.05, 0.1) is 5.56 Å². The van der Waals surface area contributed by atoms with Crippen molar-refractivity contribution in [3.05, 3.63) is 35.1 Å². The van der Waals surface area contributed by atoms with Gasteiger partial charge in [0.15, 0.2) is 0 Å². The first kappa shape index (κ1) is 11.2. The summed E-state index contributed by atoms with van der Waals surface area (Å²) in [6, 6.07) is 5.81. The third-order valence-corrected chi connectivity index (χ3v) is 1.60. The summed E-state index contributed by atoms with van der Waals surface area (Å²) in [7, 11) is 0. The molecule has 0 bridgehead atoms. The molecule has 0 fully saturated rings. The van der Waals surface area contributed by atoms with Crippen LogP contribution in [0.15, 0.2) is 18.2 Å². The summed E-state index contributed by atoms with van der Waals surface area (Å²) < 4.78 is 13.1. The van der Waals surface area contributed by atoms with Crippen LogP contribution in [0, 0.1) is 29.0 Å². The maximum atomic E-state index is 13.1. The lowest BCUT2D eigenvalue weighted by Gasteiger charge is -2.05. The standard InChI is InChI=1S/C12H10FNO/c1-12(2,15)6-5-9-3-4-10(8-14)11(13)7-9/h3-4,7,15H,1-2H3. The summed E-state index contributed by atoms with van der Waals surface area (Å²) in [4.78, 5) is 0. The molecular formula is C12H10FNO. The molecule has 0 aliphatic heterocycles. The van der Waals surface area contributed by atoms with Crippen molar-refractivity contribution in [1.29, 1.82) is 5.26 Å². The van der Waals surface area contributed by atoms with Crippen molar-refractivity contribution >= 4 is 0 Å². The molecule has 3 heteroatoms. The molecule has 0 aromatic heterocycles. The fourth-order valence-corrected chi connectivity index (χ4v) is 0.909. The molecule has 0 saturated heterocycles. The molecule has 0 spiro atoms. The highest BCUT2D eigenvalue weighted by atomic mass is 19.1. The van der Waals surface area contributed by atoms with E-state index in [9.17, 15) is 9.50 Å². The molecule has 15 heavy (non-hydrogen) atoms. The topological polar surface area (TPSA) is 44.0 Å². The van der Waals surface area contributed by atoms with Gasteiger partial charge >= 0.3 is 0 Å². The first-order valence-corrected chi connectivity index (χ1v) is 4.37. The van der Waals surface area contributed by atoms with Crippen molar-refractivity contribution in [3.8, 4) is 17.9 Å². The lowest BCUT2D eigenvalue weighted by atomic mass is 10.1. The van der Waals surface area contributed by atoms with E-state index in [-0.39, 0.29) is 5.56 Å². The number of hydrogen-bond acceptors (Lipinski definition) is 2. The number of halogens is 1. The maximum Gasteiger partial charge on any atom is 0.142 e. The number of nitrogens with zero attached hydrogens (tertiary/aromatic N) is 1. The van der Waals surface area contributed by atoms with E-state index in [1.165, 1.54) is 12.1 Å². The molecule has 1 rings (SSSR count). The van der Waals surface area contributed by atoms with E-state index in [1.54, 1.807) is 26.0 Å². The predicted octanol–water partition coefficient (Wildman–Crippen LogP) is 1.82. The van der Waals surface area contributed by atoms with Crippen LogP contribution in [0.3, 0.4) is 0 Å². The third kappa shape index (κ3) is 3.42. The normalized spacial score (nSPS) is 10.1. The zero-order valence-corrected chi connectivity index (χ0v) is 8.50. The van der Waals surface area contributed by atoms with Gasteiger partial charge in [0, 0.05) is 5.56 Å². The number of benzene rings is 1. The molecule has 2 nitrogen and oxygen atoms in total. The Morgan fingerprint density at radius 2 is 2.07 bits per heavy atom. The molecule has 0 amide bonds. The van der Waals surface area contributed by atoms with Crippen molar-refractivity contribution in [2.45, 2.75) is 19.4 Å². The molecular weight excluding hydrogens is 193 g/mol. The van der Waals surface area contributed by atoms with Crippen LogP contribution in [0.4, 0.5) is 4.39 Å². The molecule has 1 aromatic carbocycles. The van der Waals surface area contributed by atoms with Gasteiger partial charge < -0.3 is 5.11 Å². The Morgan fingerprint density at radius 3 is 2.53 bits per heavy atom. The molecule has 0 unspecified atom stereocenters. The zero-order valence-electron chi connectivity index (χ0n) is 8.50. The monoisotopic (exact) mass is 203 g/mol. The van der Waals surface area contributed by atoms with Gasteiger partial charge in [-0.15, -0.1) is 0 Å². The second kappa shape index (κ2) is 4.13. The Kier molecular flexibility index (Phi) is 3.09. The molecule has 1 aromatic rings. The van der Waals surface area contributed by atoms with Gasteiger partial charge in [-0.3, -0.25) is 0 Å². The molecule has 0 aliphatic carbocycles. The second-order valence-corrected chi connectivity index (χ2v) is 3.62. The minimum atomic E-state index is -1.11. The van der Waals surface area contributed by atoms with Gasteiger partial charge in [-0.2, -0.15) is 5.26 Å². The minimum absolute atomic E-state index is 0.0104. The number of hydrogen-bond donors (Lipinski definition) is 1. The van der Waals surface area contributed by atoms with E-state index < -0.39 is 11.4 Å². The van der Waals surface area contributed by atoms with Crippen LogP contribution < -0.4 is 0 Å². The predicted molar refractivity (Wildman–Crippen MR) is 54.3 cm³/mol. The van der Waals surface area contributed by atoms with Gasteiger partial charge in [0.1, 0.15) is 17.5 Å². The molecule has 0 radical (unpaired) electrons. The third-order valence-electron chi connectivity index (χ3n) is 1.60. The number of rotatable bonds is 0. The highest BCUT2D eigenvalue weighted by molar-refractivity contribution is 5.41. The van der Waals surface area contributed by atoms with Crippen LogP contribution in [-0.2, 0) is 0 Å². The van der Waals surface area contributed by atoms with Crippen molar-refractivity contribution in [1.82, 2.24) is 0 Å². The van der Waals surface area contributed by atoms with Crippen molar-refractivity contribution in [2.24, 2.45) is 0 Å². The zero-order chi connectivity index (χ0) is 11.5. The Morgan fingerprint density at radius 1 is 1.40 bits per heavy atom. The summed E-state index contributed by atoms with van der Waals surface area (Å²) in [5, 5.41) is 17.8. The summed E-state index contributed by atoms with van der Waals surface area (Å²) in [6.45, 7) is 3.08. The van der Waals surface area contributed by atoms with Gasteiger partial charge in [-0.05, 0) is 32.0 Å². The Balaban J connectivity index is 3.04. The van der Waals surface area contributed by atoms with Crippen molar-refractivity contribution < 1.29 is 9.50 Å².